The Hall–Kier alpha value is -3.93. The number of benzene rings is 3. The fraction of sp³-hybridized carbons (Fsp3) is 0.0455. The number of carbonyl (C=O) groups is 3. The lowest BCUT2D eigenvalue weighted by Crippen LogP contribution is -2.52. The molecular weight excluding hydrogens is 354 g/mol. The molecule has 3 aromatic rings. The summed E-state index contributed by atoms with van der Waals surface area (Å²) in [5, 5.41) is 5.31. The molecule has 0 radical (unpaired) electrons. The first-order valence-electron chi connectivity index (χ1n) is 8.80. The van der Waals surface area contributed by atoms with Crippen LogP contribution < -0.4 is 15.5 Å². The van der Waals surface area contributed by atoms with Gasteiger partial charge in [0.25, 0.3) is 17.7 Å². The lowest BCUT2D eigenvalue weighted by molar-refractivity contribution is -0.127. The summed E-state index contributed by atoms with van der Waals surface area (Å²) in [6, 6.07) is 23.2. The molecule has 28 heavy (non-hydrogen) atoms. The SMILES string of the molecule is O=C(NC1C(=O)Nc2ccccc2N(c2ccccc2)C1=O)c1ccccc1. The third-order valence-electron chi connectivity index (χ3n) is 4.46. The molecule has 0 aliphatic carbocycles. The normalized spacial score (nSPS) is 16.0. The van der Waals surface area contributed by atoms with Crippen molar-refractivity contribution in [1.82, 2.24) is 5.32 Å². The quantitative estimate of drug-likeness (QED) is 0.695. The number of hydrogen-bond acceptors (Lipinski definition) is 3. The molecule has 0 bridgehead atoms. The van der Waals surface area contributed by atoms with E-state index < -0.39 is 23.8 Å². The first-order valence-corrected chi connectivity index (χ1v) is 8.80. The zero-order valence-electron chi connectivity index (χ0n) is 14.8. The average molecular weight is 371 g/mol. The first kappa shape index (κ1) is 17.5. The number of anilines is 3. The van der Waals surface area contributed by atoms with Gasteiger partial charge in [-0.1, -0.05) is 48.5 Å². The molecule has 3 aromatic carbocycles. The summed E-state index contributed by atoms with van der Waals surface area (Å²) < 4.78 is 0. The minimum absolute atomic E-state index is 0.371. The number of amides is 3. The molecule has 0 aromatic heterocycles. The van der Waals surface area contributed by atoms with Gasteiger partial charge in [0.1, 0.15) is 0 Å². The molecule has 0 saturated heterocycles. The molecular formula is C22H17N3O3. The van der Waals surface area contributed by atoms with Crippen LogP contribution in [-0.4, -0.2) is 23.8 Å². The van der Waals surface area contributed by atoms with E-state index in [-0.39, 0.29) is 0 Å². The van der Waals surface area contributed by atoms with Gasteiger partial charge in [-0.2, -0.15) is 0 Å². The van der Waals surface area contributed by atoms with Gasteiger partial charge in [-0.15, -0.1) is 0 Å². The van der Waals surface area contributed by atoms with Gasteiger partial charge in [0.15, 0.2) is 6.04 Å². The Morgan fingerprint density at radius 1 is 0.821 bits per heavy atom. The lowest BCUT2D eigenvalue weighted by Gasteiger charge is -2.25. The average Bonchev–Trinajstić information content (AvgIpc) is 2.84. The number of nitrogens with one attached hydrogen (secondary N) is 2. The highest BCUT2D eigenvalue weighted by molar-refractivity contribution is 6.23. The molecule has 2 N–H and O–H groups in total. The number of para-hydroxylation sites is 3. The maximum Gasteiger partial charge on any atom is 0.264 e. The molecule has 1 aliphatic heterocycles. The molecule has 6 heteroatoms. The standard InChI is InChI=1S/C22H17N3O3/c26-20(15-9-3-1-4-10-15)24-19-21(27)23-17-13-7-8-14-18(17)25(22(19)28)16-11-5-2-6-12-16/h1-14,19H,(H,23,27)(H,24,26). The van der Waals surface area contributed by atoms with E-state index in [2.05, 4.69) is 10.6 Å². The molecule has 0 saturated carbocycles. The van der Waals surface area contributed by atoms with Crippen LogP contribution in [0.25, 0.3) is 0 Å². The lowest BCUT2D eigenvalue weighted by atomic mass is 10.1. The predicted molar refractivity (Wildman–Crippen MR) is 106 cm³/mol. The van der Waals surface area contributed by atoms with E-state index in [4.69, 9.17) is 0 Å². The third kappa shape index (κ3) is 3.23. The molecule has 1 aliphatic rings. The summed E-state index contributed by atoms with van der Waals surface area (Å²) in [5.74, 6) is -1.61. The Bertz CT molecular complexity index is 1040. The Morgan fingerprint density at radius 3 is 2.14 bits per heavy atom. The van der Waals surface area contributed by atoms with Crippen molar-refractivity contribution in [1.29, 1.82) is 0 Å². The molecule has 138 valence electrons. The topological polar surface area (TPSA) is 78.5 Å². The van der Waals surface area contributed by atoms with Gasteiger partial charge in [-0.3, -0.25) is 19.3 Å². The van der Waals surface area contributed by atoms with Crippen LogP contribution in [0.3, 0.4) is 0 Å². The zero-order chi connectivity index (χ0) is 19.5. The van der Waals surface area contributed by atoms with Crippen molar-refractivity contribution in [2.75, 3.05) is 10.2 Å². The zero-order valence-corrected chi connectivity index (χ0v) is 14.8. The second kappa shape index (κ2) is 7.36. The summed E-state index contributed by atoms with van der Waals surface area (Å²) in [7, 11) is 0. The van der Waals surface area contributed by atoms with Gasteiger partial charge >= 0.3 is 0 Å². The molecule has 6 nitrogen and oxygen atoms in total. The van der Waals surface area contributed by atoms with E-state index in [9.17, 15) is 14.4 Å². The van der Waals surface area contributed by atoms with Crippen LogP contribution in [0.15, 0.2) is 84.9 Å². The van der Waals surface area contributed by atoms with Gasteiger partial charge in [0.2, 0.25) is 0 Å². The van der Waals surface area contributed by atoms with Gasteiger partial charge < -0.3 is 10.6 Å². The highest BCUT2D eigenvalue weighted by Crippen LogP contribution is 2.34. The minimum atomic E-state index is -1.36. The minimum Gasteiger partial charge on any atom is -0.332 e. The van der Waals surface area contributed by atoms with Crippen LogP contribution in [0.4, 0.5) is 17.1 Å². The summed E-state index contributed by atoms with van der Waals surface area (Å²) in [5.41, 5.74) is 2.02. The summed E-state index contributed by atoms with van der Waals surface area (Å²) in [6.45, 7) is 0. The van der Waals surface area contributed by atoms with Crippen LogP contribution in [0.5, 0.6) is 0 Å². The maximum atomic E-state index is 13.3. The smallest absolute Gasteiger partial charge is 0.264 e. The fourth-order valence-electron chi connectivity index (χ4n) is 3.11. The van der Waals surface area contributed by atoms with Crippen molar-refractivity contribution >= 4 is 34.8 Å². The number of carbonyl (C=O) groups excluding carboxylic acids is 3. The molecule has 4 rings (SSSR count). The number of hydrogen-bond donors (Lipinski definition) is 2. The van der Waals surface area contributed by atoms with Crippen LogP contribution in [0.1, 0.15) is 10.4 Å². The van der Waals surface area contributed by atoms with Crippen molar-refractivity contribution in [2.24, 2.45) is 0 Å². The van der Waals surface area contributed by atoms with Crippen molar-refractivity contribution in [3.05, 3.63) is 90.5 Å². The highest BCUT2D eigenvalue weighted by atomic mass is 16.2. The van der Waals surface area contributed by atoms with E-state index >= 15 is 0 Å². The van der Waals surface area contributed by atoms with Crippen molar-refractivity contribution in [3.8, 4) is 0 Å². The van der Waals surface area contributed by atoms with Gasteiger partial charge in [-0.05, 0) is 36.4 Å². The van der Waals surface area contributed by atoms with Gasteiger partial charge in [0, 0.05) is 11.3 Å². The molecule has 1 atom stereocenters. The summed E-state index contributed by atoms with van der Waals surface area (Å²) >= 11 is 0. The van der Waals surface area contributed by atoms with Crippen LogP contribution in [-0.2, 0) is 9.59 Å². The van der Waals surface area contributed by atoms with E-state index in [0.29, 0.717) is 22.6 Å². The number of nitrogens with zero attached hydrogens (tertiary/aromatic N) is 1. The summed E-state index contributed by atoms with van der Waals surface area (Å²) in [6.07, 6.45) is 0. The van der Waals surface area contributed by atoms with E-state index in [1.54, 1.807) is 66.7 Å². The Labute approximate surface area is 161 Å². The number of rotatable bonds is 3. The largest absolute Gasteiger partial charge is 0.332 e. The molecule has 0 fully saturated rings. The third-order valence-corrected chi connectivity index (χ3v) is 4.46. The van der Waals surface area contributed by atoms with Crippen molar-refractivity contribution in [3.63, 3.8) is 0 Å². The predicted octanol–water partition coefficient (Wildman–Crippen LogP) is 3.10. The highest BCUT2D eigenvalue weighted by Gasteiger charge is 2.38. The fourth-order valence-corrected chi connectivity index (χ4v) is 3.11. The molecule has 3 amide bonds. The van der Waals surface area contributed by atoms with E-state index in [1.807, 2.05) is 18.2 Å². The van der Waals surface area contributed by atoms with Crippen molar-refractivity contribution in [2.45, 2.75) is 6.04 Å². The van der Waals surface area contributed by atoms with E-state index in [0.717, 1.165) is 0 Å². The Balaban J connectivity index is 1.74. The van der Waals surface area contributed by atoms with Crippen LogP contribution in [0.2, 0.25) is 0 Å². The van der Waals surface area contributed by atoms with Crippen LogP contribution in [0, 0.1) is 0 Å². The van der Waals surface area contributed by atoms with Crippen LogP contribution >= 0.6 is 0 Å². The van der Waals surface area contributed by atoms with E-state index in [1.165, 1.54) is 4.90 Å². The monoisotopic (exact) mass is 371 g/mol. The number of fused-ring (bicyclic) bond motifs is 1. The second-order valence-electron chi connectivity index (χ2n) is 6.29. The second-order valence-corrected chi connectivity index (χ2v) is 6.29. The first-order chi connectivity index (χ1) is 13.6. The Kier molecular flexibility index (Phi) is 4.60. The Morgan fingerprint density at radius 2 is 1.43 bits per heavy atom. The van der Waals surface area contributed by atoms with Gasteiger partial charge in [0.05, 0.1) is 11.4 Å². The molecule has 1 heterocycles. The molecule has 1 unspecified atom stereocenters. The maximum absolute atomic E-state index is 13.3. The molecule has 0 spiro atoms. The summed E-state index contributed by atoms with van der Waals surface area (Å²) in [4.78, 5) is 40.1. The van der Waals surface area contributed by atoms with Crippen molar-refractivity contribution < 1.29 is 14.4 Å². The van der Waals surface area contributed by atoms with Gasteiger partial charge in [-0.25, -0.2) is 0 Å².